The zero-order valence-corrected chi connectivity index (χ0v) is 65.6. The van der Waals surface area contributed by atoms with Crippen LogP contribution in [-0.4, -0.2) is 0 Å². The van der Waals surface area contributed by atoms with E-state index in [9.17, 15) is 0 Å². The van der Waals surface area contributed by atoms with Crippen LogP contribution in [0.4, 0.5) is 34.1 Å². The molecule has 4 heteroatoms. The summed E-state index contributed by atoms with van der Waals surface area (Å²) in [5.41, 5.74) is 34.7. The molecular weight excluding hydrogens is 1450 g/mol. The van der Waals surface area contributed by atoms with Crippen molar-refractivity contribution in [2.24, 2.45) is 0 Å². The van der Waals surface area contributed by atoms with Crippen LogP contribution in [0.15, 0.2) is 470 Å². The van der Waals surface area contributed by atoms with E-state index in [-0.39, 0.29) is 0 Å². The molecule has 0 unspecified atom stereocenters. The number of benzene rings is 20. The van der Waals surface area contributed by atoms with E-state index < -0.39 is 0 Å². The Morgan fingerprint density at radius 3 is 1.02 bits per heavy atom. The fourth-order valence-corrected chi connectivity index (χ4v) is 18.2. The van der Waals surface area contributed by atoms with Gasteiger partial charge in [-0.3, -0.25) is 0 Å². The molecule has 120 heavy (non-hydrogen) atoms. The van der Waals surface area contributed by atoms with Gasteiger partial charge in [0.05, 0.1) is 11.4 Å². The molecule has 0 aliphatic carbocycles. The van der Waals surface area contributed by atoms with Crippen LogP contribution >= 0.6 is 0 Å². The molecule has 0 atom stereocenters. The number of rotatable bonds is 17. The van der Waals surface area contributed by atoms with Crippen molar-refractivity contribution < 1.29 is 8.83 Å². The van der Waals surface area contributed by atoms with Crippen molar-refractivity contribution in [3.05, 3.63) is 461 Å². The normalized spacial score (nSPS) is 11.5. The molecule has 20 aromatic carbocycles. The average molecular weight is 1530 g/mol. The van der Waals surface area contributed by atoms with Gasteiger partial charge in [0.15, 0.2) is 0 Å². The van der Waals surface area contributed by atoms with Crippen LogP contribution in [0.3, 0.4) is 0 Å². The maximum absolute atomic E-state index is 7.09. The Labute approximate surface area is 696 Å². The minimum atomic E-state index is 0.822. The quantitative estimate of drug-likeness (QED) is 0.0910. The summed E-state index contributed by atoms with van der Waals surface area (Å²) in [5, 5.41) is 9.08. The van der Waals surface area contributed by atoms with Gasteiger partial charge >= 0.3 is 0 Å². The Balaban J connectivity index is 0.614. The van der Waals surface area contributed by atoms with Gasteiger partial charge in [-0.1, -0.05) is 370 Å². The number of furan rings is 2. The third-order valence-electron chi connectivity index (χ3n) is 24.0. The molecule has 4 nitrogen and oxygen atoms in total. The first-order valence-corrected chi connectivity index (χ1v) is 41.1. The topological polar surface area (TPSA) is 32.8 Å². The highest BCUT2D eigenvalue weighted by Gasteiger charge is 2.26. The van der Waals surface area contributed by atoms with E-state index in [2.05, 4.69) is 465 Å². The summed E-state index contributed by atoms with van der Waals surface area (Å²) in [4.78, 5) is 4.84. The first-order valence-electron chi connectivity index (χ1n) is 41.1. The summed E-state index contributed by atoms with van der Waals surface area (Å²) < 4.78 is 13.6. The first kappa shape index (κ1) is 70.7. The lowest BCUT2D eigenvalue weighted by Gasteiger charge is -2.29. The molecule has 0 spiro atoms. The monoisotopic (exact) mass is 1530 g/mol. The SMILES string of the molecule is c1ccc(-c2ccc(-c3ccc(N(c4cccc(-c5ccccc5-c5cccc6c(-c7ccc8c(c7)oc7cccc(-c9ccccc9N(c9ccc(-c%10ccc(-c%11ccccc%11)cc%10)cc9)c9cccc(-c%10ccc(-c%11cccc%12ccccc%11%12)cc%10)c9)c78)cccc56)c4)c4ccccc4-c4cccc5oc6ccccc6c45)cc3)cc2)cc1. The molecular formula is C116H76N2O2. The zero-order chi connectivity index (χ0) is 79.4. The smallest absolute Gasteiger partial charge is 0.136 e. The third kappa shape index (κ3) is 12.9. The molecule has 0 aliphatic heterocycles. The van der Waals surface area contributed by atoms with Crippen LogP contribution < -0.4 is 9.80 Å². The van der Waals surface area contributed by atoms with Gasteiger partial charge in [-0.05, 0) is 224 Å². The molecule has 22 aromatic rings. The van der Waals surface area contributed by atoms with Crippen molar-refractivity contribution in [2.45, 2.75) is 0 Å². The van der Waals surface area contributed by atoms with Crippen LogP contribution in [-0.2, 0) is 0 Å². The van der Waals surface area contributed by atoms with Crippen molar-refractivity contribution in [3.8, 4) is 122 Å². The van der Waals surface area contributed by atoms with E-state index in [1.807, 2.05) is 6.07 Å². The molecule has 0 saturated heterocycles. The van der Waals surface area contributed by atoms with Crippen LogP contribution in [0, 0.1) is 0 Å². The number of fused-ring (bicyclic) bond motifs is 8. The summed E-state index contributed by atoms with van der Waals surface area (Å²) in [6, 6.07) is 167. The van der Waals surface area contributed by atoms with Crippen molar-refractivity contribution in [2.75, 3.05) is 9.80 Å². The van der Waals surface area contributed by atoms with Gasteiger partial charge in [0, 0.05) is 55.4 Å². The standard InChI is InChI=1S/C116H76N2O2/c1-3-24-77(25-4-1)79-52-56-81(57-53-79)83-64-69-91(70-65-83)117(93-32-17-30-88(74-93)85-60-62-87(63-61-85)96-40-19-29-86-28-7-8-34-95(86)96)109-47-14-12-38-104(109)106-46-23-51-113-116(106)108-73-68-90(76-114(108)120-113)98-41-20-43-102-100(98)42-21-44-101(102)99-36-10-9-35-97(99)89-31-18-33-94(75-89)118(92-71-66-84(67-72-92)82-58-54-80(55-59-82)78-26-5-2-6-27-78)110-48-15-11-37-103(110)105-45-22-50-112-115(105)107-39-13-16-49-111(107)119-112/h1-76H. The first-order chi connectivity index (χ1) is 59.5. The minimum absolute atomic E-state index is 0.822. The van der Waals surface area contributed by atoms with Crippen LogP contribution in [0.2, 0.25) is 0 Å². The minimum Gasteiger partial charge on any atom is -0.456 e. The van der Waals surface area contributed by atoms with Gasteiger partial charge in [-0.15, -0.1) is 0 Å². The van der Waals surface area contributed by atoms with Gasteiger partial charge in [-0.2, -0.15) is 0 Å². The van der Waals surface area contributed by atoms with Gasteiger partial charge in [0.2, 0.25) is 0 Å². The van der Waals surface area contributed by atoms with E-state index in [0.29, 0.717) is 0 Å². The van der Waals surface area contributed by atoms with E-state index >= 15 is 0 Å². The summed E-state index contributed by atoms with van der Waals surface area (Å²) in [6.45, 7) is 0. The number of nitrogens with zero attached hydrogens (tertiary/aromatic N) is 2. The number of hydrogen-bond acceptors (Lipinski definition) is 4. The molecule has 2 heterocycles. The second-order valence-electron chi connectivity index (χ2n) is 30.9. The fourth-order valence-electron chi connectivity index (χ4n) is 18.2. The Morgan fingerprint density at radius 2 is 0.458 bits per heavy atom. The molecule has 22 rings (SSSR count). The number of hydrogen-bond donors (Lipinski definition) is 0. The van der Waals surface area contributed by atoms with E-state index in [1.165, 1.54) is 44.2 Å². The molecule has 0 fully saturated rings. The predicted octanol–water partition coefficient (Wildman–Crippen LogP) is 33.1. The number of anilines is 6. The summed E-state index contributed by atoms with van der Waals surface area (Å²) >= 11 is 0. The second kappa shape index (κ2) is 30.4. The molecule has 562 valence electrons. The highest BCUT2D eigenvalue weighted by Crippen LogP contribution is 2.51. The molecule has 0 bridgehead atoms. The summed E-state index contributed by atoms with van der Waals surface area (Å²) in [6.07, 6.45) is 0. The Kier molecular flexibility index (Phi) is 17.9. The van der Waals surface area contributed by atoms with E-state index in [1.54, 1.807) is 0 Å². The molecule has 0 radical (unpaired) electrons. The van der Waals surface area contributed by atoms with Crippen LogP contribution in [0.25, 0.3) is 188 Å². The van der Waals surface area contributed by atoms with E-state index in [0.717, 1.165) is 178 Å². The Morgan fingerprint density at radius 1 is 0.142 bits per heavy atom. The van der Waals surface area contributed by atoms with Gasteiger partial charge in [-0.25, -0.2) is 0 Å². The lowest BCUT2D eigenvalue weighted by molar-refractivity contribution is 0.668. The van der Waals surface area contributed by atoms with Crippen molar-refractivity contribution >= 4 is 99.5 Å². The largest absolute Gasteiger partial charge is 0.456 e. The van der Waals surface area contributed by atoms with Crippen LogP contribution in [0.1, 0.15) is 0 Å². The molecule has 0 N–H and O–H groups in total. The molecule has 2 aromatic heterocycles. The van der Waals surface area contributed by atoms with E-state index in [4.69, 9.17) is 8.83 Å². The highest BCUT2D eigenvalue weighted by molar-refractivity contribution is 6.17. The van der Waals surface area contributed by atoms with Gasteiger partial charge < -0.3 is 18.6 Å². The maximum atomic E-state index is 7.09. The highest BCUT2D eigenvalue weighted by atomic mass is 16.3. The Bertz CT molecular complexity index is 7610. The lowest BCUT2D eigenvalue weighted by Crippen LogP contribution is -2.11. The summed E-state index contributed by atoms with van der Waals surface area (Å²) in [7, 11) is 0. The molecule has 0 amide bonds. The van der Waals surface area contributed by atoms with Gasteiger partial charge in [0.1, 0.15) is 22.3 Å². The number of para-hydroxylation sites is 3. The predicted molar refractivity (Wildman–Crippen MR) is 505 cm³/mol. The van der Waals surface area contributed by atoms with Crippen LogP contribution in [0.5, 0.6) is 0 Å². The fraction of sp³-hybridized carbons (Fsp3) is 0. The van der Waals surface area contributed by atoms with Gasteiger partial charge in [0.25, 0.3) is 0 Å². The third-order valence-corrected chi connectivity index (χ3v) is 24.0. The molecule has 0 saturated carbocycles. The second-order valence-corrected chi connectivity index (χ2v) is 30.9. The van der Waals surface area contributed by atoms with Crippen molar-refractivity contribution in [1.82, 2.24) is 0 Å². The van der Waals surface area contributed by atoms with Crippen molar-refractivity contribution in [3.63, 3.8) is 0 Å². The van der Waals surface area contributed by atoms with Crippen molar-refractivity contribution in [1.29, 1.82) is 0 Å². The lowest BCUT2D eigenvalue weighted by atomic mass is 9.89. The summed E-state index contributed by atoms with van der Waals surface area (Å²) in [5.74, 6) is 0. The maximum Gasteiger partial charge on any atom is 0.136 e. The zero-order valence-electron chi connectivity index (χ0n) is 65.6. The molecule has 0 aliphatic rings. The average Bonchev–Trinajstić information content (AvgIpc) is 1.53. The Hall–Kier alpha value is -15.9.